The van der Waals surface area contributed by atoms with Gasteiger partial charge >= 0.3 is 0 Å². The van der Waals surface area contributed by atoms with Crippen LogP contribution in [0.25, 0.3) is 33.2 Å². The summed E-state index contributed by atoms with van der Waals surface area (Å²) in [5.41, 5.74) is 11.9. The van der Waals surface area contributed by atoms with Gasteiger partial charge in [-0.25, -0.2) is 4.98 Å². The van der Waals surface area contributed by atoms with E-state index in [4.69, 9.17) is 10.7 Å². The van der Waals surface area contributed by atoms with E-state index in [1.165, 1.54) is 5.56 Å². The lowest BCUT2D eigenvalue weighted by Gasteiger charge is -2.06. The van der Waals surface area contributed by atoms with E-state index in [2.05, 4.69) is 33.8 Å². The predicted octanol–water partition coefficient (Wildman–Crippen LogP) is 4.48. The highest BCUT2D eigenvalue weighted by atomic mass is 16.1. The molecule has 0 aliphatic carbocycles. The van der Waals surface area contributed by atoms with E-state index in [0.29, 0.717) is 12.2 Å². The Morgan fingerprint density at radius 3 is 2.58 bits per heavy atom. The summed E-state index contributed by atoms with van der Waals surface area (Å²) >= 11 is 0. The van der Waals surface area contributed by atoms with Gasteiger partial charge in [-0.2, -0.15) is 0 Å². The van der Waals surface area contributed by atoms with E-state index in [1.54, 1.807) is 0 Å². The summed E-state index contributed by atoms with van der Waals surface area (Å²) in [4.78, 5) is 20.8. The number of aromatic amines is 1. The number of fused-ring (bicyclic) bond motifs is 2. The lowest BCUT2D eigenvalue weighted by molar-refractivity contribution is 0.671. The Kier molecular flexibility index (Phi) is 5.10. The molecule has 5 rings (SSSR count). The molecule has 0 bridgehead atoms. The molecule has 2 heterocycles. The fourth-order valence-electron chi connectivity index (χ4n) is 4.13. The first-order valence-corrected chi connectivity index (χ1v) is 10.6. The van der Waals surface area contributed by atoms with Gasteiger partial charge in [0, 0.05) is 29.2 Å². The normalized spacial score (nSPS) is 11.4. The second-order valence-electron chi connectivity index (χ2n) is 7.82. The van der Waals surface area contributed by atoms with Crippen molar-refractivity contribution in [3.63, 3.8) is 0 Å². The molecule has 0 saturated carbocycles. The van der Waals surface area contributed by atoms with Gasteiger partial charge in [0.1, 0.15) is 5.69 Å². The summed E-state index contributed by atoms with van der Waals surface area (Å²) in [7, 11) is 0. The number of rotatable bonds is 6. The third-order valence-corrected chi connectivity index (χ3v) is 5.66. The summed E-state index contributed by atoms with van der Waals surface area (Å²) in [6.45, 7) is 1.44. The van der Waals surface area contributed by atoms with E-state index < -0.39 is 0 Å². The predicted molar refractivity (Wildman–Crippen MR) is 126 cm³/mol. The maximum absolute atomic E-state index is 12.9. The highest BCUT2D eigenvalue weighted by Gasteiger charge is 2.15. The molecule has 0 aliphatic heterocycles. The van der Waals surface area contributed by atoms with Crippen molar-refractivity contribution in [3.8, 4) is 11.3 Å². The van der Waals surface area contributed by atoms with Crippen LogP contribution in [-0.4, -0.2) is 21.1 Å². The lowest BCUT2D eigenvalue weighted by atomic mass is 10.0. The third kappa shape index (κ3) is 3.76. The monoisotopic (exact) mass is 408 g/mol. The van der Waals surface area contributed by atoms with Crippen molar-refractivity contribution in [1.82, 2.24) is 14.5 Å². The molecule has 3 N–H and O–H groups in total. The van der Waals surface area contributed by atoms with Crippen LogP contribution in [0.2, 0.25) is 0 Å². The van der Waals surface area contributed by atoms with Gasteiger partial charge in [-0.05, 0) is 48.7 Å². The first kappa shape index (κ1) is 19.3. The van der Waals surface area contributed by atoms with Crippen LogP contribution in [0.5, 0.6) is 0 Å². The van der Waals surface area contributed by atoms with Crippen molar-refractivity contribution in [1.29, 1.82) is 0 Å². The second kappa shape index (κ2) is 8.20. The molecule has 154 valence electrons. The molecule has 5 heteroatoms. The number of nitrogens with one attached hydrogen (secondary N) is 1. The standard InChI is InChI=1S/C26H24N4O/c27-13-6-14-30-17-21(20-9-4-5-10-24(20)30)25-26(31)29-22-12-11-19(16-23(22)28-25)15-18-7-2-1-3-8-18/h1-5,7-12,16-17H,6,13-15,27H2,(H,29,31). The Bertz CT molecular complexity index is 1420. The van der Waals surface area contributed by atoms with E-state index in [0.717, 1.165) is 52.4 Å². The highest BCUT2D eigenvalue weighted by molar-refractivity contribution is 5.95. The summed E-state index contributed by atoms with van der Waals surface area (Å²) in [5, 5.41) is 1.03. The highest BCUT2D eigenvalue weighted by Crippen LogP contribution is 2.29. The number of nitrogens with two attached hydrogens (primary N) is 1. The first-order valence-electron chi connectivity index (χ1n) is 10.6. The summed E-state index contributed by atoms with van der Waals surface area (Å²) in [6.07, 6.45) is 3.73. The maximum Gasteiger partial charge on any atom is 0.275 e. The largest absolute Gasteiger partial charge is 0.347 e. The minimum atomic E-state index is -0.176. The molecule has 0 saturated heterocycles. The van der Waals surface area contributed by atoms with E-state index >= 15 is 0 Å². The molecule has 0 atom stereocenters. The minimum absolute atomic E-state index is 0.176. The van der Waals surface area contributed by atoms with Gasteiger partial charge in [-0.1, -0.05) is 54.6 Å². The van der Waals surface area contributed by atoms with Gasteiger partial charge in [-0.15, -0.1) is 0 Å². The van der Waals surface area contributed by atoms with Gasteiger partial charge < -0.3 is 15.3 Å². The van der Waals surface area contributed by atoms with Crippen molar-refractivity contribution in [2.24, 2.45) is 5.73 Å². The van der Waals surface area contributed by atoms with Gasteiger partial charge in [0.05, 0.1) is 11.0 Å². The fraction of sp³-hybridized carbons (Fsp3) is 0.154. The maximum atomic E-state index is 12.9. The summed E-state index contributed by atoms with van der Waals surface area (Å²) in [5.74, 6) is 0. The van der Waals surface area contributed by atoms with E-state index in [9.17, 15) is 4.79 Å². The van der Waals surface area contributed by atoms with Crippen molar-refractivity contribution in [2.75, 3.05) is 6.54 Å². The molecule has 0 fully saturated rings. The van der Waals surface area contributed by atoms with Crippen LogP contribution >= 0.6 is 0 Å². The molecule has 0 radical (unpaired) electrons. The number of H-pyrrole nitrogens is 1. The number of benzene rings is 3. The van der Waals surface area contributed by atoms with Gasteiger partial charge in [-0.3, -0.25) is 4.79 Å². The third-order valence-electron chi connectivity index (χ3n) is 5.66. The van der Waals surface area contributed by atoms with Crippen LogP contribution < -0.4 is 11.3 Å². The van der Waals surface area contributed by atoms with Crippen LogP contribution in [0.1, 0.15) is 17.5 Å². The fourth-order valence-corrected chi connectivity index (χ4v) is 4.13. The van der Waals surface area contributed by atoms with Crippen LogP contribution in [0.15, 0.2) is 83.8 Å². The number of hydrogen-bond acceptors (Lipinski definition) is 3. The number of hydrogen-bond donors (Lipinski definition) is 2. The molecule has 2 aromatic heterocycles. The lowest BCUT2D eigenvalue weighted by Crippen LogP contribution is -2.11. The average Bonchev–Trinajstić information content (AvgIpc) is 3.16. The molecule has 0 amide bonds. The molecule has 3 aromatic carbocycles. The van der Waals surface area contributed by atoms with Crippen LogP contribution in [0, 0.1) is 0 Å². The Hall–Kier alpha value is -3.70. The first-order chi connectivity index (χ1) is 15.2. The van der Waals surface area contributed by atoms with Crippen LogP contribution in [-0.2, 0) is 13.0 Å². The van der Waals surface area contributed by atoms with Crippen molar-refractivity contribution >= 4 is 21.9 Å². The zero-order valence-electron chi connectivity index (χ0n) is 17.2. The molecule has 0 spiro atoms. The molecular formula is C26H24N4O. The van der Waals surface area contributed by atoms with Crippen LogP contribution in [0.4, 0.5) is 0 Å². The molecule has 31 heavy (non-hydrogen) atoms. The number of nitrogens with zero attached hydrogens (tertiary/aromatic N) is 2. The molecule has 0 unspecified atom stereocenters. The quantitative estimate of drug-likeness (QED) is 0.435. The number of para-hydroxylation sites is 1. The molecular weight excluding hydrogens is 384 g/mol. The molecule has 5 nitrogen and oxygen atoms in total. The van der Waals surface area contributed by atoms with Gasteiger partial charge in [0.25, 0.3) is 5.56 Å². The number of aryl methyl sites for hydroxylation is 1. The van der Waals surface area contributed by atoms with Crippen molar-refractivity contribution in [3.05, 3.63) is 100 Å². The zero-order valence-corrected chi connectivity index (χ0v) is 17.2. The second-order valence-corrected chi connectivity index (χ2v) is 7.82. The van der Waals surface area contributed by atoms with Crippen molar-refractivity contribution < 1.29 is 0 Å². The summed E-state index contributed by atoms with van der Waals surface area (Å²) in [6, 6.07) is 24.5. The Morgan fingerprint density at radius 1 is 0.935 bits per heavy atom. The van der Waals surface area contributed by atoms with E-state index in [-0.39, 0.29) is 5.56 Å². The van der Waals surface area contributed by atoms with E-state index in [1.807, 2.05) is 54.7 Å². The molecule has 0 aliphatic rings. The average molecular weight is 409 g/mol. The Balaban J connectivity index is 1.61. The zero-order chi connectivity index (χ0) is 21.2. The van der Waals surface area contributed by atoms with Gasteiger partial charge in [0.2, 0.25) is 0 Å². The smallest absolute Gasteiger partial charge is 0.275 e. The number of aromatic nitrogens is 3. The topological polar surface area (TPSA) is 76.7 Å². The van der Waals surface area contributed by atoms with Crippen molar-refractivity contribution in [2.45, 2.75) is 19.4 Å². The summed E-state index contributed by atoms with van der Waals surface area (Å²) < 4.78 is 2.16. The van der Waals surface area contributed by atoms with Gasteiger partial charge in [0.15, 0.2) is 0 Å². The van der Waals surface area contributed by atoms with Crippen LogP contribution in [0.3, 0.4) is 0 Å². The minimum Gasteiger partial charge on any atom is -0.347 e. The Morgan fingerprint density at radius 2 is 1.74 bits per heavy atom. The Labute approximate surface area is 180 Å². The SMILES string of the molecule is NCCCn1cc(-c2nc3cc(Cc4ccccc4)ccc3[nH]c2=O)c2ccccc21. The molecule has 5 aromatic rings.